The third kappa shape index (κ3) is 2.44. The molecule has 1 aromatic carbocycles. The van der Waals surface area contributed by atoms with E-state index in [1.165, 1.54) is 6.33 Å². The summed E-state index contributed by atoms with van der Waals surface area (Å²) in [7, 11) is 0. The molecule has 3 aromatic heterocycles. The highest BCUT2D eigenvalue weighted by Crippen LogP contribution is 2.29. The number of nitrogens with zero attached hydrogens (tertiary/aromatic N) is 4. The van der Waals surface area contributed by atoms with E-state index in [2.05, 4.69) is 25.1 Å². The minimum Gasteiger partial charge on any atom is -0.439 e. The van der Waals surface area contributed by atoms with Gasteiger partial charge in [0, 0.05) is 17.8 Å². The monoisotopic (exact) mass is 304 g/mol. The maximum Gasteiger partial charge on any atom is 0.219 e. The van der Waals surface area contributed by atoms with Crippen LogP contribution in [0.4, 0.5) is 5.82 Å². The number of nitrogen functional groups attached to an aromatic ring is 1. The highest BCUT2D eigenvalue weighted by atomic mass is 16.5. The Kier molecular flexibility index (Phi) is 3.09. The van der Waals surface area contributed by atoms with Gasteiger partial charge in [-0.25, -0.2) is 15.0 Å². The van der Waals surface area contributed by atoms with E-state index in [9.17, 15) is 0 Å². The van der Waals surface area contributed by atoms with Crippen LogP contribution in [-0.4, -0.2) is 25.1 Å². The number of rotatable bonds is 3. The number of ether oxygens (including phenoxy) is 1. The third-order valence-corrected chi connectivity index (χ3v) is 3.37. The third-order valence-electron chi connectivity index (χ3n) is 3.37. The number of nitrogens with one attached hydrogen (secondary N) is 1. The van der Waals surface area contributed by atoms with Gasteiger partial charge in [0.05, 0.1) is 11.1 Å². The lowest BCUT2D eigenvalue weighted by molar-refractivity contribution is 0.463. The molecular formula is C16H12N6O. The van der Waals surface area contributed by atoms with E-state index < -0.39 is 0 Å². The summed E-state index contributed by atoms with van der Waals surface area (Å²) in [6.45, 7) is 0. The van der Waals surface area contributed by atoms with Crippen molar-refractivity contribution in [1.82, 2.24) is 25.1 Å². The number of fused-ring (bicyclic) bond motifs is 1. The molecule has 112 valence electrons. The van der Waals surface area contributed by atoms with Gasteiger partial charge in [0.1, 0.15) is 17.9 Å². The van der Waals surface area contributed by atoms with Crippen LogP contribution in [0.3, 0.4) is 0 Å². The summed E-state index contributed by atoms with van der Waals surface area (Å²) in [6.07, 6.45) is 3.08. The normalized spacial score (nSPS) is 10.8. The van der Waals surface area contributed by atoms with Crippen LogP contribution in [0.5, 0.6) is 11.6 Å². The number of nitrogens with two attached hydrogens (primary N) is 1. The van der Waals surface area contributed by atoms with Gasteiger partial charge in [-0.15, -0.1) is 0 Å². The summed E-state index contributed by atoms with van der Waals surface area (Å²) in [4.78, 5) is 12.4. The van der Waals surface area contributed by atoms with Gasteiger partial charge < -0.3 is 10.5 Å². The summed E-state index contributed by atoms with van der Waals surface area (Å²) in [5, 5.41) is 7.74. The number of H-pyrrole nitrogens is 1. The van der Waals surface area contributed by atoms with Gasteiger partial charge in [0.2, 0.25) is 5.88 Å². The molecule has 3 N–H and O–H groups in total. The predicted molar refractivity (Wildman–Crippen MR) is 85.8 cm³/mol. The van der Waals surface area contributed by atoms with Crippen LogP contribution in [0.15, 0.2) is 55.0 Å². The lowest BCUT2D eigenvalue weighted by atomic mass is 10.1. The van der Waals surface area contributed by atoms with Crippen LogP contribution in [0.1, 0.15) is 0 Å². The number of aromatic amines is 1. The molecule has 0 aliphatic heterocycles. The zero-order valence-corrected chi connectivity index (χ0v) is 12.0. The molecule has 23 heavy (non-hydrogen) atoms. The second-order valence-electron chi connectivity index (χ2n) is 4.86. The summed E-state index contributed by atoms with van der Waals surface area (Å²) in [6, 6.07) is 13.2. The highest BCUT2D eigenvalue weighted by Gasteiger charge is 2.12. The quantitative estimate of drug-likeness (QED) is 0.603. The van der Waals surface area contributed by atoms with Crippen molar-refractivity contribution < 1.29 is 4.74 Å². The van der Waals surface area contributed by atoms with Crippen molar-refractivity contribution >= 4 is 16.9 Å². The van der Waals surface area contributed by atoms with Crippen molar-refractivity contribution in [2.24, 2.45) is 0 Å². The van der Waals surface area contributed by atoms with Crippen molar-refractivity contribution in [3.63, 3.8) is 0 Å². The molecule has 0 saturated carbocycles. The molecule has 0 fully saturated rings. The fraction of sp³-hybridized carbons (Fsp3) is 0. The molecule has 4 aromatic rings. The van der Waals surface area contributed by atoms with Crippen LogP contribution < -0.4 is 10.5 Å². The first kappa shape index (κ1) is 13.2. The average molecular weight is 304 g/mol. The first-order valence-corrected chi connectivity index (χ1v) is 6.95. The molecule has 0 unspecified atom stereocenters. The minimum absolute atomic E-state index is 0.378. The number of hydrogen-bond acceptors (Lipinski definition) is 6. The zero-order chi connectivity index (χ0) is 15.6. The number of aromatic nitrogens is 5. The van der Waals surface area contributed by atoms with Crippen molar-refractivity contribution in [2.75, 3.05) is 5.73 Å². The van der Waals surface area contributed by atoms with Gasteiger partial charge >= 0.3 is 0 Å². The summed E-state index contributed by atoms with van der Waals surface area (Å²) in [5.74, 6) is 1.62. The Hall–Kier alpha value is -3.48. The number of hydrogen-bond donors (Lipinski definition) is 2. The van der Waals surface area contributed by atoms with E-state index in [1.54, 1.807) is 12.3 Å². The molecule has 0 atom stereocenters. The van der Waals surface area contributed by atoms with Crippen molar-refractivity contribution in [3.05, 3.63) is 55.0 Å². The number of para-hydroxylation sites is 1. The van der Waals surface area contributed by atoms with E-state index in [0.29, 0.717) is 22.7 Å². The Labute approximate surface area is 131 Å². The molecule has 3 heterocycles. The Morgan fingerprint density at radius 1 is 0.957 bits per heavy atom. The largest absolute Gasteiger partial charge is 0.439 e. The molecule has 0 amide bonds. The summed E-state index contributed by atoms with van der Waals surface area (Å²) < 4.78 is 5.68. The average Bonchev–Trinajstić information content (AvgIpc) is 3.02. The maximum absolute atomic E-state index is 5.91. The van der Waals surface area contributed by atoms with Crippen molar-refractivity contribution in [2.45, 2.75) is 0 Å². The standard InChI is InChI=1S/C16H12N6O/c17-15-13-14(21-22-16(13)20-9-19-15)10-6-7-12(18-8-10)23-11-4-2-1-3-5-11/h1-9H,(H3,17,19,20,21,22). The summed E-state index contributed by atoms with van der Waals surface area (Å²) >= 11 is 0. The smallest absolute Gasteiger partial charge is 0.219 e. The number of benzene rings is 1. The van der Waals surface area contributed by atoms with Crippen molar-refractivity contribution in [1.29, 1.82) is 0 Å². The van der Waals surface area contributed by atoms with Gasteiger partial charge in [-0.2, -0.15) is 5.10 Å². The van der Waals surface area contributed by atoms with Gasteiger partial charge in [0.15, 0.2) is 5.65 Å². The Bertz CT molecular complexity index is 949. The second kappa shape index (κ2) is 5.38. The molecule has 0 saturated heterocycles. The molecule has 0 radical (unpaired) electrons. The Morgan fingerprint density at radius 2 is 1.83 bits per heavy atom. The van der Waals surface area contributed by atoms with E-state index in [-0.39, 0.29) is 0 Å². The van der Waals surface area contributed by atoms with Gasteiger partial charge in [0.25, 0.3) is 0 Å². The highest BCUT2D eigenvalue weighted by molar-refractivity contribution is 5.97. The molecule has 4 rings (SSSR count). The Balaban J connectivity index is 1.67. The second-order valence-corrected chi connectivity index (χ2v) is 4.86. The molecule has 7 nitrogen and oxygen atoms in total. The van der Waals surface area contributed by atoms with E-state index in [1.807, 2.05) is 36.4 Å². The molecule has 0 aliphatic carbocycles. The minimum atomic E-state index is 0.378. The molecule has 0 bridgehead atoms. The first-order chi connectivity index (χ1) is 11.3. The Morgan fingerprint density at radius 3 is 2.61 bits per heavy atom. The van der Waals surface area contributed by atoms with Gasteiger partial charge in [-0.3, -0.25) is 5.10 Å². The van der Waals surface area contributed by atoms with Crippen LogP contribution in [0.25, 0.3) is 22.3 Å². The van der Waals surface area contributed by atoms with E-state index in [0.717, 1.165) is 17.0 Å². The van der Waals surface area contributed by atoms with Crippen LogP contribution >= 0.6 is 0 Å². The zero-order valence-electron chi connectivity index (χ0n) is 12.0. The fourth-order valence-corrected chi connectivity index (χ4v) is 2.29. The van der Waals surface area contributed by atoms with Gasteiger partial charge in [-0.1, -0.05) is 18.2 Å². The van der Waals surface area contributed by atoms with Crippen LogP contribution in [-0.2, 0) is 0 Å². The maximum atomic E-state index is 5.91. The SMILES string of the molecule is Nc1ncnc2n[nH]c(-c3ccc(Oc4ccccc4)nc3)c12. The van der Waals surface area contributed by atoms with Gasteiger partial charge in [-0.05, 0) is 18.2 Å². The molecular weight excluding hydrogens is 292 g/mol. The lowest BCUT2D eigenvalue weighted by Gasteiger charge is -2.05. The fourth-order valence-electron chi connectivity index (χ4n) is 2.29. The molecule has 0 spiro atoms. The lowest BCUT2D eigenvalue weighted by Crippen LogP contribution is -1.93. The van der Waals surface area contributed by atoms with Crippen LogP contribution in [0, 0.1) is 0 Å². The first-order valence-electron chi connectivity index (χ1n) is 6.95. The number of pyridine rings is 1. The van der Waals surface area contributed by atoms with Crippen molar-refractivity contribution in [3.8, 4) is 22.9 Å². The predicted octanol–water partition coefficient (Wildman–Crippen LogP) is 2.79. The van der Waals surface area contributed by atoms with Crippen LogP contribution in [0.2, 0.25) is 0 Å². The van der Waals surface area contributed by atoms with E-state index >= 15 is 0 Å². The topological polar surface area (TPSA) is 103 Å². The van der Waals surface area contributed by atoms with E-state index in [4.69, 9.17) is 10.5 Å². The molecule has 0 aliphatic rings. The molecule has 7 heteroatoms. The number of anilines is 1. The summed E-state index contributed by atoms with van der Waals surface area (Å²) in [5.41, 5.74) is 8.00.